The van der Waals surface area contributed by atoms with E-state index >= 15 is 0 Å². The van der Waals surface area contributed by atoms with Crippen LogP contribution in [-0.4, -0.2) is 20.9 Å². The van der Waals surface area contributed by atoms with E-state index in [1.807, 2.05) is 13.8 Å². The molecule has 2 aromatic carbocycles. The molecule has 0 atom stereocenters. The van der Waals surface area contributed by atoms with Gasteiger partial charge in [0.1, 0.15) is 11.3 Å². The van der Waals surface area contributed by atoms with Gasteiger partial charge in [-0.25, -0.2) is 17.9 Å². The summed E-state index contributed by atoms with van der Waals surface area (Å²) in [7, 11) is -3.70. The van der Waals surface area contributed by atoms with Crippen molar-refractivity contribution in [1.82, 2.24) is 4.72 Å². The highest BCUT2D eigenvalue weighted by atomic mass is 32.2. The van der Waals surface area contributed by atoms with Gasteiger partial charge in [-0.3, -0.25) is 4.79 Å². The first kappa shape index (κ1) is 21.7. The lowest BCUT2D eigenvalue weighted by atomic mass is 10.0. The SMILES string of the molecule is CCc1cc(=O)oc2c(C)c(OC(=O)CCNS(=O)(=O)c3ccc(C)cc3)ccc12. The van der Waals surface area contributed by atoms with Crippen molar-refractivity contribution in [3.05, 3.63) is 69.6 Å². The van der Waals surface area contributed by atoms with Crippen molar-refractivity contribution < 1.29 is 22.4 Å². The monoisotopic (exact) mass is 429 g/mol. The molecule has 1 heterocycles. The Bertz CT molecular complexity index is 1240. The normalized spacial score (nSPS) is 11.6. The van der Waals surface area contributed by atoms with Crippen molar-refractivity contribution >= 4 is 27.0 Å². The van der Waals surface area contributed by atoms with Gasteiger partial charge in [-0.1, -0.05) is 24.6 Å². The zero-order chi connectivity index (χ0) is 21.9. The van der Waals surface area contributed by atoms with Gasteiger partial charge in [-0.2, -0.15) is 0 Å². The second kappa shape index (κ2) is 8.81. The molecule has 0 radical (unpaired) electrons. The number of rotatable bonds is 7. The van der Waals surface area contributed by atoms with Crippen molar-refractivity contribution in [2.24, 2.45) is 0 Å². The van der Waals surface area contributed by atoms with Crippen molar-refractivity contribution in [3.63, 3.8) is 0 Å². The number of hydrogen-bond acceptors (Lipinski definition) is 6. The van der Waals surface area contributed by atoms with Crippen LogP contribution in [0.15, 0.2) is 56.6 Å². The van der Waals surface area contributed by atoms with Crippen LogP contribution in [0.2, 0.25) is 0 Å². The highest BCUT2D eigenvalue weighted by Crippen LogP contribution is 2.28. The molecule has 0 amide bonds. The fourth-order valence-electron chi connectivity index (χ4n) is 3.07. The molecule has 0 saturated heterocycles. The van der Waals surface area contributed by atoms with Gasteiger partial charge in [0.15, 0.2) is 0 Å². The standard InChI is InChI=1S/C22H23NO6S/c1-4-16-13-21(25)29-22-15(3)19(10-9-18(16)22)28-20(24)11-12-23-30(26,27)17-7-5-14(2)6-8-17/h5-10,13,23H,4,11-12H2,1-3H3. The summed E-state index contributed by atoms with van der Waals surface area (Å²) in [6.45, 7) is 5.40. The van der Waals surface area contributed by atoms with E-state index in [9.17, 15) is 18.0 Å². The molecule has 3 rings (SSSR count). The predicted octanol–water partition coefficient (Wildman–Crippen LogP) is 3.25. The van der Waals surface area contributed by atoms with E-state index in [4.69, 9.17) is 9.15 Å². The molecule has 0 unspecified atom stereocenters. The molecule has 0 aliphatic carbocycles. The van der Waals surface area contributed by atoms with Gasteiger partial charge in [0.2, 0.25) is 10.0 Å². The minimum Gasteiger partial charge on any atom is -0.426 e. The fraction of sp³-hybridized carbons (Fsp3) is 0.273. The van der Waals surface area contributed by atoms with Crippen LogP contribution in [0.25, 0.3) is 11.0 Å². The average Bonchev–Trinajstić information content (AvgIpc) is 2.70. The van der Waals surface area contributed by atoms with Crippen LogP contribution in [0.1, 0.15) is 30.0 Å². The second-order valence-electron chi connectivity index (χ2n) is 6.94. The van der Waals surface area contributed by atoms with Crippen molar-refractivity contribution in [3.8, 4) is 5.75 Å². The molecular formula is C22H23NO6S. The molecule has 0 spiro atoms. The van der Waals surface area contributed by atoms with Crippen LogP contribution in [0.3, 0.4) is 0 Å². The minimum absolute atomic E-state index is 0.100. The molecule has 8 heteroatoms. The first-order chi connectivity index (χ1) is 14.2. The molecule has 0 fully saturated rings. The van der Waals surface area contributed by atoms with Crippen LogP contribution in [-0.2, 0) is 21.2 Å². The summed E-state index contributed by atoms with van der Waals surface area (Å²) in [6, 6.07) is 11.3. The van der Waals surface area contributed by atoms with Gasteiger partial charge in [-0.05, 0) is 50.1 Å². The van der Waals surface area contributed by atoms with Crippen molar-refractivity contribution in [1.29, 1.82) is 0 Å². The maximum absolute atomic E-state index is 12.3. The Hall–Kier alpha value is -2.97. The Labute approximate surface area is 174 Å². The molecule has 30 heavy (non-hydrogen) atoms. The van der Waals surface area contributed by atoms with Gasteiger partial charge in [0, 0.05) is 23.6 Å². The summed E-state index contributed by atoms with van der Waals surface area (Å²) in [5.41, 5.74) is 2.26. The van der Waals surface area contributed by atoms with E-state index in [2.05, 4.69) is 4.72 Å². The van der Waals surface area contributed by atoms with E-state index in [0.29, 0.717) is 17.6 Å². The number of sulfonamides is 1. The quantitative estimate of drug-likeness (QED) is 0.351. The Morgan fingerprint density at radius 1 is 1.10 bits per heavy atom. The third-order valence-electron chi connectivity index (χ3n) is 4.75. The average molecular weight is 429 g/mol. The lowest BCUT2D eigenvalue weighted by molar-refractivity contribution is -0.134. The van der Waals surface area contributed by atoms with E-state index in [0.717, 1.165) is 16.5 Å². The molecule has 0 bridgehead atoms. The second-order valence-corrected chi connectivity index (χ2v) is 8.71. The number of carbonyl (C=O) groups is 1. The van der Waals surface area contributed by atoms with Crippen LogP contribution in [0.5, 0.6) is 5.75 Å². The zero-order valence-electron chi connectivity index (χ0n) is 17.0. The number of carbonyl (C=O) groups excluding carboxylic acids is 1. The van der Waals surface area contributed by atoms with Gasteiger partial charge in [-0.15, -0.1) is 0 Å². The number of ether oxygens (including phenoxy) is 1. The predicted molar refractivity (Wildman–Crippen MR) is 113 cm³/mol. The molecule has 7 nitrogen and oxygen atoms in total. The van der Waals surface area contributed by atoms with Gasteiger partial charge in [0.25, 0.3) is 0 Å². The largest absolute Gasteiger partial charge is 0.426 e. The highest BCUT2D eigenvalue weighted by molar-refractivity contribution is 7.89. The number of aryl methyl sites for hydroxylation is 3. The topological polar surface area (TPSA) is 103 Å². The van der Waals surface area contributed by atoms with Gasteiger partial charge >= 0.3 is 11.6 Å². The highest BCUT2D eigenvalue weighted by Gasteiger charge is 2.16. The third kappa shape index (κ3) is 4.77. The number of fused-ring (bicyclic) bond motifs is 1. The van der Waals surface area contributed by atoms with Crippen molar-refractivity contribution in [2.75, 3.05) is 6.54 Å². The van der Waals surface area contributed by atoms with Gasteiger partial charge < -0.3 is 9.15 Å². The summed E-state index contributed by atoms with van der Waals surface area (Å²) in [5.74, 6) is -0.330. The third-order valence-corrected chi connectivity index (χ3v) is 6.23. The Balaban J connectivity index is 1.68. The summed E-state index contributed by atoms with van der Waals surface area (Å²) < 4.78 is 37.6. The lowest BCUT2D eigenvalue weighted by Crippen LogP contribution is -2.27. The molecule has 0 aliphatic heterocycles. The van der Waals surface area contributed by atoms with Gasteiger partial charge in [0.05, 0.1) is 11.3 Å². The first-order valence-electron chi connectivity index (χ1n) is 9.54. The summed E-state index contributed by atoms with van der Waals surface area (Å²) in [5, 5.41) is 0.792. The molecule has 1 aromatic heterocycles. The Kier molecular flexibility index (Phi) is 6.38. The zero-order valence-corrected chi connectivity index (χ0v) is 17.8. The lowest BCUT2D eigenvalue weighted by Gasteiger charge is -2.11. The number of hydrogen-bond donors (Lipinski definition) is 1. The summed E-state index contributed by atoms with van der Waals surface area (Å²) in [4.78, 5) is 24.1. The first-order valence-corrected chi connectivity index (χ1v) is 11.0. The summed E-state index contributed by atoms with van der Waals surface area (Å²) in [6.07, 6.45) is 0.517. The molecule has 0 aliphatic rings. The van der Waals surface area contributed by atoms with E-state index in [1.54, 1.807) is 31.2 Å². The minimum atomic E-state index is -3.70. The van der Waals surface area contributed by atoms with E-state index < -0.39 is 21.6 Å². The summed E-state index contributed by atoms with van der Waals surface area (Å²) >= 11 is 0. The fourth-order valence-corrected chi connectivity index (χ4v) is 4.10. The molecule has 1 N–H and O–H groups in total. The number of nitrogens with one attached hydrogen (secondary N) is 1. The molecule has 3 aromatic rings. The van der Waals surface area contributed by atoms with Crippen LogP contribution in [0.4, 0.5) is 0 Å². The number of esters is 1. The molecule has 158 valence electrons. The smallest absolute Gasteiger partial charge is 0.336 e. The molecular weight excluding hydrogens is 406 g/mol. The van der Waals surface area contributed by atoms with Crippen LogP contribution in [0, 0.1) is 13.8 Å². The Morgan fingerprint density at radius 3 is 2.47 bits per heavy atom. The molecule has 0 saturated carbocycles. The Morgan fingerprint density at radius 2 is 1.80 bits per heavy atom. The van der Waals surface area contributed by atoms with Crippen LogP contribution < -0.4 is 15.1 Å². The van der Waals surface area contributed by atoms with Crippen LogP contribution >= 0.6 is 0 Å². The number of benzene rings is 2. The van der Waals surface area contributed by atoms with E-state index in [1.165, 1.54) is 18.2 Å². The van der Waals surface area contributed by atoms with Crippen molar-refractivity contribution in [2.45, 2.75) is 38.5 Å². The maximum atomic E-state index is 12.3. The maximum Gasteiger partial charge on any atom is 0.336 e. The van der Waals surface area contributed by atoms with E-state index in [-0.39, 0.29) is 23.6 Å².